The van der Waals surface area contributed by atoms with Gasteiger partial charge in [0.1, 0.15) is 0 Å². The molecular weight excluding hydrogens is 306 g/mol. The summed E-state index contributed by atoms with van der Waals surface area (Å²) >= 11 is 0. The molecule has 2 atom stereocenters. The van der Waals surface area contributed by atoms with E-state index in [0.29, 0.717) is 17.7 Å². The van der Waals surface area contributed by atoms with Crippen molar-refractivity contribution in [2.24, 2.45) is 0 Å². The smallest absolute Gasteiger partial charge is 0.263 e. The Morgan fingerprint density at radius 1 is 1.25 bits per heavy atom. The molecule has 0 aromatic heterocycles. The molecule has 2 aliphatic rings. The molecular formula is C19H23NO4. The number of nitrogens with zero attached hydrogens (tertiary/aromatic N) is 1. The lowest BCUT2D eigenvalue weighted by atomic mass is 10.1. The minimum absolute atomic E-state index is 0.308. The molecule has 2 amide bonds. The van der Waals surface area contributed by atoms with Crippen LogP contribution in [0.1, 0.15) is 59.7 Å². The first-order chi connectivity index (χ1) is 11.7. The van der Waals surface area contributed by atoms with Crippen molar-refractivity contribution in [3.63, 3.8) is 0 Å². The molecule has 0 spiro atoms. The van der Waals surface area contributed by atoms with Gasteiger partial charge in [-0.2, -0.15) is 0 Å². The summed E-state index contributed by atoms with van der Waals surface area (Å²) in [6, 6.07) is 6.89. The normalized spacial score (nSPS) is 22.2. The summed E-state index contributed by atoms with van der Waals surface area (Å²) in [5.74, 6) is -0.616. The quantitative estimate of drug-likeness (QED) is 0.592. The van der Waals surface area contributed by atoms with Crippen molar-refractivity contribution >= 4 is 11.8 Å². The third-order valence-electron chi connectivity index (χ3n) is 4.27. The summed E-state index contributed by atoms with van der Waals surface area (Å²) in [6.45, 7) is 2.73. The van der Waals surface area contributed by atoms with E-state index in [4.69, 9.17) is 9.47 Å². The highest BCUT2D eigenvalue weighted by Gasteiger charge is 2.40. The third-order valence-corrected chi connectivity index (χ3v) is 4.27. The lowest BCUT2D eigenvalue weighted by Gasteiger charge is -2.30. The molecule has 1 fully saturated rings. The zero-order valence-corrected chi connectivity index (χ0v) is 13.9. The van der Waals surface area contributed by atoms with Crippen molar-refractivity contribution in [3.8, 4) is 0 Å². The molecule has 24 heavy (non-hydrogen) atoms. The summed E-state index contributed by atoms with van der Waals surface area (Å²) in [7, 11) is 0. The Kier molecular flexibility index (Phi) is 5.43. The Morgan fingerprint density at radius 3 is 2.54 bits per heavy atom. The highest BCUT2D eigenvalue weighted by atomic mass is 16.7. The number of carbonyl (C=O) groups excluding carboxylic acids is 2. The number of benzene rings is 1. The monoisotopic (exact) mass is 329 g/mol. The van der Waals surface area contributed by atoms with Crippen LogP contribution in [-0.4, -0.2) is 35.8 Å². The number of hydrogen-bond acceptors (Lipinski definition) is 4. The van der Waals surface area contributed by atoms with Gasteiger partial charge in [-0.05, 0) is 43.9 Å². The van der Waals surface area contributed by atoms with Crippen molar-refractivity contribution in [2.75, 3.05) is 6.61 Å². The number of hydrogen-bond donors (Lipinski definition) is 0. The van der Waals surface area contributed by atoms with Crippen molar-refractivity contribution in [3.05, 3.63) is 47.5 Å². The molecule has 128 valence electrons. The summed E-state index contributed by atoms with van der Waals surface area (Å²) < 4.78 is 11.6. The highest BCUT2D eigenvalue weighted by Crippen LogP contribution is 2.27. The molecule has 0 saturated carbocycles. The van der Waals surface area contributed by atoms with Gasteiger partial charge in [-0.3, -0.25) is 9.59 Å². The molecule has 1 aromatic carbocycles. The molecule has 1 aromatic rings. The van der Waals surface area contributed by atoms with Crippen LogP contribution in [0.2, 0.25) is 0 Å². The minimum Gasteiger partial charge on any atom is -0.353 e. The first-order valence-electron chi connectivity index (χ1n) is 8.63. The second-order valence-corrected chi connectivity index (χ2v) is 6.07. The van der Waals surface area contributed by atoms with Crippen LogP contribution in [-0.2, 0) is 9.47 Å². The van der Waals surface area contributed by atoms with Crippen LogP contribution in [0.25, 0.3) is 0 Å². The van der Waals surface area contributed by atoms with E-state index >= 15 is 0 Å². The van der Waals surface area contributed by atoms with Crippen molar-refractivity contribution in [1.29, 1.82) is 0 Å². The van der Waals surface area contributed by atoms with Crippen LogP contribution < -0.4 is 0 Å². The molecule has 0 radical (unpaired) electrons. The van der Waals surface area contributed by atoms with E-state index in [0.717, 1.165) is 32.1 Å². The van der Waals surface area contributed by atoms with Crippen molar-refractivity contribution in [1.82, 2.24) is 4.90 Å². The van der Waals surface area contributed by atoms with Gasteiger partial charge in [0.25, 0.3) is 11.8 Å². The first kappa shape index (κ1) is 16.9. The lowest BCUT2D eigenvalue weighted by molar-refractivity contribution is -0.195. The molecule has 2 heterocycles. The van der Waals surface area contributed by atoms with Crippen LogP contribution in [0, 0.1) is 0 Å². The van der Waals surface area contributed by atoms with Gasteiger partial charge in [0.2, 0.25) is 0 Å². The summed E-state index contributed by atoms with van der Waals surface area (Å²) in [5, 5.41) is 0. The second-order valence-electron chi connectivity index (χ2n) is 6.07. The average Bonchev–Trinajstić information content (AvgIpc) is 2.87. The number of rotatable bonds is 6. The molecule has 2 aliphatic heterocycles. The number of ether oxygens (including phenoxy) is 2. The Hall–Kier alpha value is -1.98. The molecule has 0 aliphatic carbocycles. The number of amides is 2. The van der Waals surface area contributed by atoms with E-state index in [1.165, 1.54) is 4.90 Å². The number of fused-ring (bicyclic) bond motifs is 1. The van der Waals surface area contributed by atoms with Gasteiger partial charge in [0.15, 0.2) is 12.5 Å². The highest BCUT2D eigenvalue weighted by molar-refractivity contribution is 6.21. The van der Waals surface area contributed by atoms with Gasteiger partial charge in [-0.1, -0.05) is 31.6 Å². The van der Waals surface area contributed by atoms with Crippen LogP contribution in [0.5, 0.6) is 0 Å². The predicted molar refractivity (Wildman–Crippen MR) is 89.5 cm³/mol. The van der Waals surface area contributed by atoms with Gasteiger partial charge in [-0.25, -0.2) is 4.90 Å². The summed E-state index contributed by atoms with van der Waals surface area (Å²) in [4.78, 5) is 26.5. The largest absolute Gasteiger partial charge is 0.353 e. The predicted octanol–water partition coefficient (Wildman–Crippen LogP) is 3.51. The molecule has 3 rings (SSSR count). The Balaban J connectivity index is 1.82. The number of unbranched alkanes of at least 4 members (excludes halogenated alkanes) is 1. The SMILES string of the molecule is CCCC=CC(OC1CCCCO1)N1C(=O)c2ccccc2C1=O. The van der Waals surface area contributed by atoms with E-state index in [-0.39, 0.29) is 18.1 Å². The standard InChI is InChI=1S/C19H23NO4/c1-2-3-4-11-16(24-17-12-7-8-13-23-17)20-18(21)14-9-5-6-10-15(14)19(20)22/h4-6,9-11,16-17H,2-3,7-8,12-13H2,1H3. The molecule has 0 N–H and O–H groups in total. The zero-order valence-electron chi connectivity index (χ0n) is 13.9. The molecule has 5 heteroatoms. The zero-order chi connectivity index (χ0) is 16.9. The van der Waals surface area contributed by atoms with Crippen LogP contribution in [0.15, 0.2) is 36.4 Å². The van der Waals surface area contributed by atoms with E-state index in [1.54, 1.807) is 30.3 Å². The molecule has 0 bridgehead atoms. The molecule has 1 saturated heterocycles. The fourth-order valence-corrected chi connectivity index (χ4v) is 2.98. The fourth-order valence-electron chi connectivity index (χ4n) is 2.98. The third kappa shape index (κ3) is 3.42. The van der Waals surface area contributed by atoms with Crippen molar-refractivity contribution in [2.45, 2.75) is 51.5 Å². The lowest BCUT2D eigenvalue weighted by Crippen LogP contribution is -2.43. The van der Waals surface area contributed by atoms with E-state index in [9.17, 15) is 9.59 Å². The summed E-state index contributed by atoms with van der Waals surface area (Å²) in [6.07, 6.45) is 7.33. The number of allylic oxidation sites excluding steroid dienone is 1. The fraction of sp³-hybridized carbons (Fsp3) is 0.474. The van der Waals surface area contributed by atoms with Gasteiger partial charge < -0.3 is 9.47 Å². The summed E-state index contributed by atoms with van der Waals surface area (Å²) in [5.41, 5.74) is 0.870. The maximum Gasteiger partial charge on any atom is 0.263 e. The Morgan fingerprint density at radius 2 is 1.96 bits per heavy atom. The van der Waals surface area contributed by atoms with Crippen LogP contribution >= 0.6 is 0 Å². The van der Waals surface area contributed by atoms with E-state index < -0.39 is 6.23 Å². The Bertz CT molecular complexity index is 599. The first-order valence-corrected chi connectivity index (χ1v) is 8.63. The minimum atomic E-state index is -0.730. The average molecular weight is 329 g/mol. The van der Waals surface area contributed by atoms with Gasteiger partial charge in [0, 0.05) is 6.61 Å². The van der Waals surface area contributed by atoms with Gasteiger partial charge in [-0.15, -0.1) is 0 Å². The maximum atomic E-state index is 12.7. The van der Waals surface area contributed by atoms with E-state index in [1.807, 2.05) is 6.08 Å². The van der Waals surface area contributed by atoms with Crippen molar-refractivity contribution < 1.29 is 19.1 Å². The van der Waals surface area contributed by atoms with Crippen LogP contribution in [0.3, 0.4) is 0 Å². The van der Waals surface area contributed by atoms with E-state index in [2.05, 4.69) is 6.92 Å². The maximum absolute atomic E-state index is 12.7. The molecule has 5 nitrogen and oxygen atoms in total. The number of imide groups is 1. The van der Waals surface area contributed by atoms with Gasteiger partial charge in [0.05, 0.1) is 11.1 Å². The Labute approximate surface area is 142 Å². The topological polar surface area (TPSA) is 55.8 Å². The van der Waals surface area contributed by atoms with Crippen LogP contribution in [0.4, 0.5) is 0 Å². The van der Waals surface area contributed by atoms with Gasteiger partial charge >= 0.3 is 0 Å². The molecule has 2 unspecified atom stereocenters. The second kappa shape index (κ2) is 7.73. The number of carbonyl (C=O) groups is 2.